The van der Waals surface area contributed by atoms with Crippen LogP contribution in [-0.2, 0) is 0 Å². The standard InChI is InChI=1S/C15H13N3O2/c1-10-12(11-5-2-3-6-13(11)17-10)9-16-18-15(19)14-7-4-8-20-14/h2-9,17H,1H3,(H,18,19)/b16-9+. The van der Waals surface area contributed by atoms with Gasteiger partial charge in [0, 0.05) is 22.2 Å². The van der Waals surface area contributed by atoms with E-state index in [1.807, 2.05) is 31.2 Å². The van der Waals surface area contributed by atoms with Crippen LogP contribution >= 0.6 is 0 Å². The maximum atomic E-state index is 11.7. The molecule has 0 spiro atoms. The van der Waals surface area contributed by atoms with E-state index in [1.54, 1.807) is 18.3 Å². The molecule has 0 saturated carbocycles. The minimum absolute atomic E-state index is 0.234. The number of furan rings is 1. The van der Waals surface area contributed by atoms with E-state index in [2.05, 4.69) is 15.5 Å². The molecule has 100 valence electrons. The molecule has 3 aromatic rings. The summed E-state index contributed by atoms with van der Waals surface area (Å²) in [4.78, 5) is 14.9. The smallest absolute Gasteiger partial charge is 0.307 e. The van der Waals surface area contributed by atoms with Gasteiger partial charge >= 0.3 is 5.91 Å². The first-order valence-corrected chi connectivity index (χ1v) is 6.20. The van der Waals surface area contributed by atoms with Crippen LogP contribution < -0.4 is 5.43 Å². The third-order valence-electron chi connectivity index (χ3n) is 3.05. The van der Waals surface area contributed by atoms with Gasteiger partial charge in [0.15, 0.2) is 5.76 Å². The largest absolute Gasteiger partial charge is 0.459 e. The molecule has 1 aromatic carbocycles. The van der Waals surface area contributed by atoms with Gasteiger partial charge in [-0.15, -0.1) is 0 Å². The summed E-state index contributed by atoms with van der Waals surface area (Å²) in [6.45, 7) is 1.97. The van der Waals surface area contributed by atoms with Crippen molar-refractivity contribution in [2.24, 2.45) is 5.10 Å². The number of hydrogen-bond acceptors (Lipinski definition) is 3. The number of nitrogens with one attached hydrogen (secondary N) is 2. The lowest BCUT2D eigenvalue weighted by Crippen LogP contribution is -2.16. The molecule has 20 heavy (non-hydrogen) atoms. The van der Waals surface area contributed by atoms with Crippen LogP contribution in [0.25, 0.3) is 10.9 Å². The predicted molar refractivity (Wildman–Crippen MR) is 76.8 cm³/mol. The van der Waals surface area contributed by atoms with Gasteiger partial charge in [0.05, 0.1) is 12.5 Å². The fraction of sp³-hybridized carbons (Fsp3) is 0.0667. The van der Waals surface area contributed by atoms with Crippen molar-refractivity contribution in [3.8, 4) is 0 Å². The number of benzene rings is 1. The third-order valence-corrected chi connectivity index (χ3v) is 3.05. The number of aromatic nitrogens is 1. The Hall–Kier alpha value is -2.82. The fourth-order valence-corrected chi connectivity index (χ4v) is 2.08. The van der Waals surface area contributed by atoms with Gasteiger partial charge < -0.3 is 9.40 Å². The number of hydrazone groups is 1. The molecule has 0 aliphatic rings. The zero-order valence-electron chi connectivity index (χ0n) is 10.9. The molecule has 0 radical (unpaired) electrons. The lowest BCUT2D eigenvalue weighted by molar-refractivity contribution is 0.0927. The molecule has 0 saturated heterocycles. The molecule has 0 unspecified atom stereocenters. The molecule has 1 amide bonds. The molecule has 5 heteroatoms. The molecule has 0 aliphatic carbocycles. The Balaban J connectivity index is 1.81. The number of aromatic amines is 1. The van der Waals surface area contributed by atoms with Crippen molar-refractivity contribution >= 4 is 23.0 Å². The summed E-state index contributed by atoms with van der Waals surface area (Å²) >= 11 is 0. The van der Waals surface area contributed by atoms with Gasteiger partial charge in [-0.2, -0.15) is 5.10 Å². The summed E-state index contributed by atoms with van der Waals surface area (Å²) in [5, 5.41) is 5.05. The average Bonchev–Trinajstić information content (AvgIpc) is 3.07. The lowest BCUT2D eigenvalue weighted by Gasteiger charge is -1.96. The summed E-state index contributed by atoms with van der Waals surface area (Å²) in [5.74, 6) is -0.137. The first-order chi connectivity index (χ1) is 9.75. The van der Waals surface area contributed by atoms with Crippen molar-refractivity contribution in [3.05, 3.63) is 59.7 Å². The van der Waals surface area contributed by atoms with Crippen LogP contribution in [0, 0.1) is 6.92 Å². The molecular formula is C15H13N3O2. The minimum atomic E-state index is -0.372. The normalized spacial score (nSPS) is 11.2. The van der Waals surface area contributed by atoms with Gasteiger partial charge in [-0.1, -0.05) is 18.2 Å². The van der Waals surface area contributed by atoms with E-state index in [0.29, 0.717) is 0 Å². The Labute approximate surface area is 115 Å². The minimum Gasteiger partial charge on any atom is -0.459 e. The topological polar surface area (TPSA) is 70.4 Å². The van der Waals surface area contributed by atoms with Crippen LogP contribution in [0.4, 0.5) is 0 Å². The van der Waals surface area contributed by atoms with Crippen molar-refractivity contribution in [1.29, 1.82) is 0 Å². The molecule has 2 heterocycles. The maximum absolute atomic E-state index is 11.7. The number of aryl methyl sites for hydroxylation is 1. The Bertz CT molecular complexity index is 770. The van der Waals surface area contributed by atoms with Crippen LogP contribution in [-0.4, -0.2) is 17.1 Å². The van der Waals surface area contributed by atoms with Gasteiger partial charge in [0.1, 0.15) is 0 Å². The van der Waals surface area contributed by atoms with Gasteiger partial charge in [0.2, 0.25) is 0 Å². The van der Waals surface area contributed by atoms with Gasteiger partial charge in [-0.05, 0) is 25.1 Å². The second-order valence-electron chi connectivity index (χ2n) is 4.39. The zero-order chi connectivity index (χ0) is 13.9. The highest BCUT2D eigenvalue weighted by atomic mass is 16.3. The lowest BCUT2D eigenvalue weighted by atomic mass is 10.1. The van der Waals surface area contributed by atoms with E-state index < -0.39 is 0 Å². The number of amides is 1. The monoisotopic (exact) mass is 267 g/mol. The number of H-pyrrole nitrogens is 1. The summed E-state index contributed by atoms with van der Waals surface area (Å²) in [5.41, 5.74) is 5.44. The van der Waals surface area contributed by atoms with Crippen LogP contribution in [0.1, 0.15) is 21.8 Å². The van der Waals surface area contributed by atoms with Crippen molar-refractivity contribution < 1.29 is 9.21 Å². The highest BCUT2D eigenvalue weighted by molar-refractivity contribution is 6.01. The highest BCUT2D eigenvalue weighted by Gasteiger charge is 2.07. The van der Waals surface area contributed by atoms with E-state index in [1.165, 1.54) is 6.26 Å². The number of carbonyl (C=O) groups excluding carboxylic acids is 1. The number of nitrogens with zero attached hydrogens (tertiary/aromatic N) is 1. The first-order valence-electron chi connectivity index (χ1n) is 6.20. The fourth-order valence-electron chi connectivity index (χ4n) is 2.08. The van der Waals surface area contributed by atoms with Gasteiger partial charge in [0.25, 0.3) is 0 Å². The molecule has 2 N–H and O–H groups in total. The number of hydrogen-bond donors (Lipinski definition) is 2. The van der Waals surface area contributed by atoms with E-state index in [9.17, 15) is 4.79 Å². The molecule has 0 bridgehead atoms. The van der Waals surface area contributed by atoms with E-state index in [4.69, 9.17) is 4.42 Å². The van der Waals surface area contributed by atoms with Crippen LogP contribution in [0.5, 0.6) is 0 Å². The van der Waals surface area contributed by atoms with E-state index in [0.717, 1.165) is 22.2 Å². The Morgan fingerprint density at radius 1 is 1.30 bits per heavy atom. The van der Waals surface area contributed by atoms with Gasteiger partial charge in [-0.3, -0.25) is 4.79 Å². The summed E-state index contributed by atoms with van der Waals surface area (Å²) in [6.07, 6.45) is 3.08. The van der Waals surface area contributed by atoms with Crippen LogP contribution in [0.2, 0.25) is 0 Å². The molecular weight excluding hydrogens is 254 g/mol. The van der Waals surface area contributed by atoms with Crippen LogP contribution in [0.15, 0.2) is 52.2 Å². The Morgan fingerprint density at radius 2 is 2.15 bits per heavy atom. The molecule has 3 rings (SSSR count). The molecule has 0 aliphatic heterocycles. The summed E-state index contributed by atoms with van der Waals surface area (Å²) in [7, 11) is 0. The molecule has 0 fully saturated rings. The van der Waals surface area contributed by atoms with E-state index >= 15 is 0 Å². The van der Waals surface area contributed by atoms with Crippen molar-refractivity contribution in [2.45, 2.75) is 6.92 Å². The predicted octanol–water partition coefficient (Wildman–Crippen LogP) is 2.83. The van der Waals surface area contributed by atoms with Gasteiger partial charge in [-0.25, -0.2) is 5.43 Å². The van der Waals surface area contributed by atoms with Crippen molar-refractivity contribution in [1.82, 2.24) is 10.4 Å². The van der Waals surface area contributed by atoms with Crippen molar-refractivity contribution in [3.63, 3.8) is 0 Å². The maximum Gasteiger partial charge on any atom is 0.307 e. The highest BCUT2D eigenvalue weighted by Crippen LogP contribution is 2.19. The number of rotatable bonds is 3. The SMILES string of the molecule is Cc1[nH]c2ccccc2c1/C=N/NC(=O)c1ccco1. The molecule has 5 nitrogen and oxygen atoms in total. The first kappa shape index (κ1) is 12.2. The third kappa shape index (κ3) is 2.21. The number of carbonyl (C=O) groups is 1. The summed E-state index contributed by atoms with van der Waals surface area (Å²) in [6, 6.07) is 11.2. The number of para-hydroxylation sites is 1. The molecule has 2 aromatic heterocycles. The Morgan fingerprint density at radius 3 is 2.95 bits per heavy atom. The second kappa shape index (κ2) is 5.05. The average molecular weight is 267 g/mol. The zero-order valence-corrected chi connectivity index (χ0v) is 10.9. The summed E-state index contributed by atoms with van der Waals surface area (Å²) < 4.78 is 4.98. The number of fused-ring (bicyclic) bond motifs is 1. The second-order valence-corrected chi connectivity index (χ2v) is 4.39. The van der Waals surface area contributed by atoms with Crippen molar-refractivity contribution in [2.75, 3.05) is 0 Å². The Kier molecular flexibility index (Phi) is 3.09. The quantitative estimate of drug-likeness (QED) is 0.566. The van der Waals surface area contributed by atoms with Crippen LogP contribution in [0.3, 0.4) is 0 Å². The van der Waals surface area contributed by atoms with E-state index in [-0.39, 0.29) is 11.7 Å². The molecule has 0 atom stereocenters.